The minimum absolute atomic E-state index is 0.0302. The summed E-state index contributed by atoms with van der Waals surface area (Å²) in [6.45, 7) is 3.35. The molecule has 0 radical (unpaired) electrons. The number of hydrogen-bond acceptors (Lipinski definition) is 6. The Hall–Kier alpha value is -2.79. The number of methoxy groups -OCH3 is 2. The lowest BCUT2D eigenvalue weighted by Gasteiger charge is -2.39. The van der Waals surface area contributed by atoms with Gasteiger partial charge in [-0.2, -0.15) is 4.31 Å². The highest BCUT2D eigenvalue weighted by Crippen LogP contribution is 2.22. The van der Waals surface area contributed by atoms with Crippen molar-refractivity contribution in [2.45, 2.75) is 37.2 Å². The summed E-state index contributed by atoms with van der Waals surface area (Å²) >= 11 is 0. The Labute approximate surface area is 220 Å². The first kappa shape index (κ1) is 28.8. The summed E-state index contributed by atoms with van der Waals surface area (Å²) in [7, 11) is -0.909. The molecule has 9 nitrogen and oxygen atoms in total. The van der Waals surface area contributed by atoms with Crippen molar-refractivity contribution in [1.82, 2.24) is 14.1 Å². The molecule has 0 saturated carbocycles. The molecular formula is C27H37N3O6S. The lowest BCUT2D eigenvalue weighted by Crippen LogP contribution is -2.52. The number of ether oxygens (including phenoxy) is 2. The zero-order chi connectivity index (χ0) is 26.8. The third kappa shape index (κ3) is 7.85. The highest BCUT2D eigenvalue weighted by atomic mass is 32.2. The van der Waals surface area contributed by atoms with Crippen LogP contribution in [0.4, 0.5) is 0 Å². The highest BCUT2D eigenvalue weighted by Gasteiger charge is 2.33. The lowest BCUT2D eigenvalue weighted by atomic mass is 10.0. The van der Waals surface area contributed by atoms with E-state index in [2.05, 4.69) is 0 Å². The fraction of sp³-hybridized carbons (Fsp3) is 0.481. The van der Waals surface area contributed by atoms with Crippen molar-refractivity contribution in [3.8, 4) is 0 Å². The van der Waals surface area contributed by atoms with Crippen molar-refractivity contribution in [1.29, 1.82) is 0 Å². The van der Waals surface area contributed by atoms with Crippen LogP contribution in [0.15, 0.2) is 59.5 Å². The van der Waals surface area contributed by atoms with Crippen LogP contribution in [0.2, 0.25) is 0 Å². The molecule has 0 unspecified atom stereocenters. The van der Waals surface area contributed by atoms with E-state index in [0.717, 1.165) is 11.1 Å². The summed E-state index contributed by atoms with van der Waals surface area (Å²) in [5, 5.41) is 0. The van der Waals surface area contributed by atoms with E-state index in [-0.39, 0.29) is 49.1 Å². The molecule has 0 aliphatic carbocycles. The first-order valence-electron chi connectivity index (χ1n) is 12.4. The fourth-order valence-corrected chi connectivity index (χ4v) is 5.81. The van der Waals surface area contributed by atoms with Crippen LogP contribution in [-0.2, 0) is 35.6 Å². The van der Waals surface area contributed by atoms with Crippen LogP contribution in [0.3, 0.4) is 0 Å². The zero-order valence-corrected chi connectivity index (χ0v) is 22.7. The van der Waals surface area contributed by atoms with Crippen molar-refractivity contribution < 1.29 is 27.5 Å². The molecule has 0 bridgehead atoms. The Balaban J connectivity index is 1.82. The molecule has 202 valence electrons. The molecule has 0 atom stereocenters. The molecular weight excluding hydrogens is 494 g/mol. The normalized spacial score (nSPS) is 14.6. The van der Waals surface area contributed by atoms with Crippen molar-refractivity contribution in [3.05, 3.63) is 65.7 Å². The van der Waals surface area contributed by atoms with Crippen LogP contribution in [0.1, 0.15) is 24.0 Å². The Bertz CT molecular complexity index is 1120. The standard InChI is InChI=1S/C27H37N3O6S/c1-22-9-11-23(12-10-22)19-30(24-13-15-28(16-14-24)27(32)21-36-3)26(31)20-29(17-18-35-2)37(33,34)25-7-5-4-6-8-25/h4-12,24H,13-21H2,1-3H3. The number of aryl methyl sites for hydroxylation is 1. The van der Waals surface area contributed by atoms with Crippen molar-refractivity contribution in [2.24, 2.45) is 0 Å². The van der Waals surface area contributed by atoms with E-state index in [4.69, 9.17) is 9.47 Å². The van der Waals surface area contributed by atoms with Gasteiger partial charge in [-0.05, 0) is 37.5 Å². The van der Waals surface area contributed by atoms with E-state index < -0.39 is 10.0 Å². The van der Waals surface area contributed by atoms with Crippen molar-refractivity contribution >= 4 is 21.8 Å². The smallest absolute Gasteiger partial charge is 0.248 e. The van der Waals surface area contributed by atoms with Gasteiger partial charge in [0.1, 0.15) is 6.61 Å². The number of rotatable bonds is 12. The number of piperidine rings is 1. The molecule has 37 heavy (non-hydrogen) atoms. The molecule has 0 N–H and O–H groups in total. The van der Waals surface area contributed by atoms with Gasteiger partial charge in [-0.1, -0.05) is 48.0 Å². The third-order valence-corrected chi connectivity index (χ3v) is 8.42. The number of amides is 2. The quantitative estimate of drug-likeness (QED) is 0.417. The summed E-state index contributed by atoms with van der Waals surface area (Å²) < 4.78 is 38.1. The number of benzene rings is 2. The van der Waals surface area contributed by atoms with Gasteiger partial charge in [0, 0.05) is 46.4 Å². The lowest BCUT2D eigenvalue weighted by molar-refractivity contribution is -0.139. The van der Waals surface area contributed by atoms with E-state index in [1.165, 1.54) is 30.7 Å². The number of hydrogen-bond donors (Lipinski definition) is 0. The first-order chi connectivity index (χ1) is 17.8. The van der Waals surface area contributed by atoms with E-state index >= 15 is 0 Å². The predicted octanol–water partition coefficient (Wildman–Crippen LogP) is 2.30. The van der Waals surface area contributed by atoms with Gasteiger partial charge in [-0.25, -0.2) is 8.42 Å². The van der Waals surface area contributed by atoms with Crippen LogP contribution in [0.25, 0.3) is 0 Å². The summed E-state index contributed by atoms with van der Waals surface area (Å²) in [5.41, 5.74) is 2.08. The van der Waals surface area contributed by atoms with Gasteiger partial charge in [0.25, 0.3) is 0 Å². The molecule has 2 aromatic carbocycles. The molecule has 0 spiro atoms. The summed E-state index contributed by atoms with van der Waals surface area (Å²) in [6, 6.07) is 15.9. The molecule has 2 aromatic rings. The van der Waals surface area contributed by atoms with Crippen LogP contribution >= 0.6 is 0 Å². The van der Waals surface area contributed by atoms with Gasteiger partial charge in [0.15, 0.2) is 0 Å². The van der Waals surface area contributed by atoms with Gasteiger partial charge in [0.05, 0.1) is 18.0 Å². The van der Waals surface area contributed by atoms with E-state index in [9.17, 15) is 18.0 Å². The number of carbonyl (C=O) groups excluding carboxylic acids is 2. The van der Waals surface area contributed by atoms with E-state index in [1.54, 1.807) is 28.0 Å². The SMILES string of the molecule is COCCN(CC(=O)N(Cc1ccc(C)cc1)C1CCN(C(=O)COC)CC1)S(=O)(=O)c1ccccc1. The van der Waals surface area contributed by atoms with Crippen molar-refractivity contribution in [3.63, 3.8) is 0 Å². The summed E-state index contributed by atoms with van der Waals surface area (Å²) in [4.78, 5) is 29.7. The van der Waals surface area contributed by atoms with Crippen LogP contribution in [-0.4, -0.2) is 94.0 Å². The topological polar surface area (TPSA) is 96.5 Å². The van der Waals surface area contributed by atoms with E-state index in [0.29, 0.717) is 32.5 Å². The van der Waals surface area contributed by atoms with Gasteiger partial charge < -0.3 is 19.3 Å². The van der Waals surface area contributed by atoms with E-state index in [1.807, 2.05) is 31.2 Å². The van der Waals surface area contributed by atoms with Crippen LogP contribution in [0, 0.1) is 6.92 Å². The highest BCUT2D eigenvalue weighted by molar-refractivity contribution is 7.89. The van der Waals surface area contributed by atoms with Crippen molar-refractivity contribution in [2.75, 3.05) is 53.6 Å². The average molecular weight is 532 g/mol. The van der Waals surface area contributed by atoms with Crippen LogP contribution < -0.4 is 0 Å². The fourth-order valence-electron chi connectivity index (χ4n) is 4.41. The monoisotopic (exact) mass is 531 g/mol. The minimum atomic E-state index is -3.90. The van der Waals surface area contributed by atoms with Gasteiger partial charge in [0.2, 0.25) is 21.8 Å². The van der Waals surface area contributed by atoms with Gasteiger partial charge in [-0.15, -0.1) is 0 Å². The Morgan fingerprint density at radius 2 is 1.62 bits per heavy atom. The zero-order valence-electron chi connectivity index (χ0n) is 21.8. The molecule has 10 heteroatoms. The maximum Gasteiger partial charge on any atom is 0.248 e. The second-order valence-corrected chi connectivity index (χ2v) is 11.1. The molecule has 0 aromatic heterocycles. The number of likely N-dealkylation sites (tertiary alicyclic amines) is 1. The predicted molar refractivity (Wildman–Crippen MR) is 140 cm³/mol. The molecule has 1 heterocycles. The Morgan fingerprint density at radius 3 is 2.22 bits per heavy atom. The molecule has 3 rings (SSSR count). The minimum Gasteiger partial charge on any atom is -0.383 e. The van der Waals surface area contributed by atoms with Gasteiger partial charge >= 0.3 is 0 Å². The average Bonchev–Trinajstić information content (AvgIpc) is 2.91. The number of nitrogens with zero attached hydrogens (tertiary/aromatic N) is 3. The first-order valence-corrected chi connectivity index (χ1v) is 13.9. The van der Waals surface area contributed by atoms with Crippen LogP contribution in [0.5, 0.6) is 0 Å². The molecule has 1 fully saturated rings. The maximum atomic E-state index is 13.8. The number of carbonyl (C=O) groups is 2. The second kappa shape index (κ2) is 13.7. The summed E-state index contributed by atoms with van der Waals surface area (Å²) in [6.07, 6.45) is 1.22. The maximum absolute atomic E-state index is 13.8. The Morgan fingerprint density at radius 1 is 0.973 bits per heavy atom. The number of sulfonamides is 1. The molecule has 1 saturated heterocycles. The largest absolute Gasteiger partial charge is 0.383 e. The van der Waals surface area contributed by atoms with Gasteiger partial charge in [-0.3, -0.25) is 9.59 Å². The molecule has 1 aliphatic rings. The second-order valence-electron chi connectivity index (χ2n) is 9.20. The third-order valence-electron chi connectivity index (χ3n) is 6.56. The summed E-state index contributed by atoms with van der Waals surface area (Å²) in [5.74, 6) is -0.352. The molecule has 1 aliphatic heterocycles. The Kier molecular flexibility index (Phi) is 10.6. The molecule has 2 amide bonds.